The first kappa shape index (κ1) is 17.8. The van der Waals surface area contributed by atoms with E-state index in [9.17, 15) is 22.7 Å². The van der Waals surface area contributed by atoms with Crippen LogP contribution in [0.1, 0.15) is 24.2 Å². The van der Waals surface area contributed by atoms with Crippen LogP contribution in [-0.4, -0.2) is 37.2 Å². The fourth-order valence-corrected chi connectivity index (χ4v) is 2.88. The number of carboxylic acids is 1. The number of benzene rings is 1. The lowest BCUT2D eigenvalue weighted by Gasteiger charge is -2.16. The van der Waals surface area contributed by atoms with E-state index in [1.165, 1.54) is 0 Å². The molecule has 0 aliphatic heterocycles. The number of aliphatic hydroxyl groups excluding tert-OH is 1. The van der Waals surface area contributed by atoms with Crippen molar-refractivity contribution in [3.05, 3.63) is 28.5 Å². The van der Waals surface area contributed by atoms with Crippen molar-refractivity contribution in [1.82, 2.24) is 4.72 Å². The number of rotatable bonds is 6. The van der Waals surface area contributed by atoms with Crippen LogP contribution in [0.15, 0.2) is 17.0 Å². The van der Waals surface area contributed by atoms with Crippen molar-refractivity contribution in [1.29, 1.82) is 0 Å². The molecule has 9 heteroatoms. The van der Waals surface area contributed by atoms with Gasteiger partial charge in [0.15, 0.2) is 5.82 Å². The summed E-state index contributed by atoms with van der Waals surface area (Å²) in [5, 5.41) is 18.2. The van der Waals surface area contributed by atoms with Crippen LogP contribution in [0.2, 0.25) is 5.02 Å². The third kappa shape index (κ3) is 4.37. The number of halogens is 2. The number of aromatic carboxylic acids is 1. The summed E-state index contributed by atoms with van der Waals surface area (Å²) in [5.41, 5.74) is -0.840. The molecule has 1 atom stereocenters. The minimum atomic E-state index is -4.33. The van der Waals surface area contributed by atoms with E-state index in [1.54, 1.807) is 13.8 Å². The maximum atomic E-state index is 14.0. The van der Waals surface area contributed by atoms with Gasteiger partial charge in [-0.1, -0.05) is 25.4 Å². The molecule has 1 rings (SSSR count). The quantitative estimate of drug-likeness (QED) is 0.728. The zero-order valence-corrected chi connectivity index (χ0v) is 12.9. The van der Waals surface area contributed by atoms with E-state index in [2.05, 4.69) is 0 Å². The van der Waals surface area contributed by atoms with Gasteiger partial charge in [0.2, 0.25) is 10.0 Å². The Morgan fingerprint density at radius 2 is 2.00 bits per heavy atom. The molecule has 1 unspecified atom stereocenters. The van der Waals surface area contributed by atoms with Gasteiger partial charge in [-0.25, -0.2) is 22.3 Å². The van der Waals surface area contributed by atoms with Crippen molar-refractivity contribution < 1.29 is 27.8 Å². The predicted molar refractivity (Wildman–Crippen MR) is 74.4 cm³/mol. The minimum Gasteiger partial charge on any atom is -0.478 e. The third-order valence-electron chi connectivity index (χ3n) is 2.78. The normalized spacial score (nSPS) is 13.4. The van der Waals surface area contributed by atoms with E-state index in [-0.39, 0.29) is 17.5 Å². The van der Waals surface area contributed by atoms with Gasteiger partial charge < -0.3 is 10.2 Å². The molecule has 0 fully saturated rings. The van der Waals surface area contributed by atoms with Gasteiger partial charge in [-0.15, -0.1) is 0 Å². The topological polar surface area (TPSA) is 104 Å². The molecule has 0 aliphatic carbocycles. The maximum absolute atomic E-state index is 14.0. The van der Waals surface area contributed by atoms with E-state index in [0.717, 1.165) is 12.1 Å². The Bertz CT molecular complexity index is 647. The highest BCUT2D eigenvalue weighted by Crippen LogP contribution is 2.23. The number of aliphatic hydroxyl groups is 1. The molecular weight excluding hydrogens is 325 g/mol. The molecule has 1 aromatic rings. The number of carbonyl (C=O) groups is 1. The van der Waals surface area contributed by atoms with Crippen LogP contribution in [0, 0.1) is 11.7 Å². The SMILES string of the molecule is CC(C)C(O)CNS(=O)(=O)c1cc(Cl)cc(C(=O)O)c1F. The predicted octanol–water partition coefficient (Wildman–Crippen LogP) is 1.47. The number of hydrogen-bond donors (Lipinski definition) is 3. The Labute approximate surface area is 126 Å². The Hall–Kier alpha value is -1.22. The minimum absolute atomic E-state index is 0.202. The number of carboxylic acid groups (broad SMARTS) is 1. The van der Waals surface area contributed by atoms with E-state index in [1.807, 2.05) is 4.72 Å². The first-order valence-corrected chi connectivity index (χ1v) is 7.82. The molecule has 0 saturated carbocycles. The number of hydrogen-bond acceptors (Lipinski definition) is 4. The van der Waals surface area contributed by atoms with Gasteiger partial charge >= 0.3 is 5.97 Å². The molecule has 118 valence electrons. The lowest BCUT2D eigenvalue weighted by atomic mass is 10.1. The van der Waals surface area contributed by atoms with E-state index in [4.69, 9.17) is 16.7 Å². The summed E-state index contributed by atoms with van der Waals surface area (Å²) in [7, 11) is -4.33. The highest BCUT2D eigenvalue weighted by Gasteiger charge is 2.26. The summed E-state index contributed by atoms with van der Waals surface area (Å²) >= 11 is 5.61. The van der Waals surface area contributed by atoms with E-state index >= 15 is 0 Å². The van der Waals surface area contributed by atoms with Crippen molar-refractivity contribution >= 4 is 27.6 Å². The van der Waals surface area contributed by atoms with Crippen molar-refractivity contribution in [2.24, 2.45) is 5.92 Å². The summed E-state index contributed by atoms with van der Waals surface area (Å²) in [5.74, 6) is -3.24. The second-order valence-corrected chi connectivity index (χ2v) is 6.91. The Morgan fingerprint density at radius 3 is 2.48 bits per heavy atom. The molecule has 0 radical (unpaired) electrons. The van der Waals surface area contributed by atoms with Crippen LogP contribution in [-0.2, 0) is 10.0 Å². The lowest BCUT2D eigenvalue weighted by molar-refractivity contribution is 0.0691. The van der Waals surface area contributed by atoms with Crippen LogP contribution >= 0.6 is 11.6 Å². The molecule has 1 aromatic carbocycles. The monoisotopic (exact) mass is 339 g/mol. The molecule has 0 bridgehead atoms. The van der Waals surface area contributed by atoms with Crippen LogP contribution < -0.4 is 4.72 Å². The summed E-state index contributed by atoms with van der Waals surface area (Å²) < 4.78 is 40.0. The summed E-state index contributed by atoms with van der Waals surface area (Å²) in [6.07, 6.45) is -0.957. The molecule has 0 amide bonds. The molecule has 6 nitrogen and oxygen atoms in total. The van der Waals surface area contributed by atoms with Gasteiger partial charge in [-0.05, 0) is 18.1 Å². The smallest absolute Gasteiger partial charge is 0.338 e. The van der Waals surface area contributed by atoms with Gasteiger partial charge in [-0.2, -0.15) is 0 Å². The van der Waals surface area contributed by atoms with Gasteiger partial charge in [0, 0.05) is 11.6 Å². The molecule has 0 aromatic heterocycles. The van der Waals surface area contributed by atoms with E-state index < -0.39 is 38.4 Å². The second kappa shape index (κ2) is 6.69. The lowest BCUT2D eigenvalue weighted by Crippen LogP contribution is -2.35. The second-order valence-electron chi connectivity index (χ2n) is 4.73. The molecule has 21 heavy (non-hydrogen) atoms. The first-order chi connectivity index (χ1) is 9.56. The van der Waals surface area contributed by atoms with Gasteiger partial charge in [0.25, 0.3) is 0 Å². The van der Waals surface area contributed by atoms with Crippen molar-refractivity contribution in [2.75, 3.05) is 6.54 Å². The Morgan fingerprint density at radius 1 is 1.43 bits per heavy atom. The van der Waals surface area contributed by atoms with Crippen molar-refractivity contribution in [3.8, 4) is 0 Å². The third-order valence-corrected chi connectivity index (χ3v) is 4.42. The zero-order chi connectivity index (χ0) is 16.4. The van der Waals surface area contributed by atoms with Crippen LogP contribution in [0.3, 0.4) is 0 Å². The molecule has 0 saturated heterocycles. The van der Waals surface area contributed by atoms with Gasteiger partial charge in [-0.3, -0.25) is 0 Å². The van der Waals surface area contributed by atoms with Crippen molar-refractivity contribution in [2.45, 2.75) is 24.8 Å². The fraction of sp³-hybridized carbons (Fsp3) is 0.417. The molecular formula is C12H15ClFNO5S. The highest BCUT2D eigenvalue weighted by atomic mass is 35.5. The maximum Gasteiger partial charge on any atom is 0.338 e. The molecule has 0 spiro atoms. The Kier molecular flexibility index (Phi) is 5.68. The summed E-state index contributed by atoms with van der Waals surface area (Å²) in [6.45, 7) is 3.04. The fourth-order valence-electron chi connectivity index (χ4n) is 1.42. The van der Waals surface area contributed by atoms with Crippen LogP contribution in [0.5, 0.6) is 0 Å². The van der Waals surface area contributed by atoms with Crippen LogP contribution in [0.4, 0.5) is 4.39 Å². The Balaban J connectivity index is 3.17. The number of sulfonamides is 1. The summed E-state index contributed by atoms with van der Waals surface area (Å²) in [4.78, 5) is 9.98. The standard InChI is InChI=1S/C12H15ClFNO5S/c1-6(2)9(16)5-15-21(19,20)10-4-7(13)3-8(11(10)14)12(17)18/h3-4,6,9,15-16H,5H2,1-2H3,(H,17,18). The summed E-state index contributed by atoms with van der Waals surface area (Å²) in [6, 6.07) is 1.63. The van der Waals surface area contributed by atoms with Crippen molar-refractivity contribution in [3.63, 3.8) is 0 Å². The zero-order valence-electron chi connectivity index (χ0n) is 11.3. The molecule has 0 aliphatic rings. The average molecular weight is 340 g/mol. The highest BCUT2D eigenvalue weighted by molar-refractivity contribution is 7.89. The first-order valence-electron chi connectivity index (χ1n) is 5.96. The van der Waals surface area contributed by atoms with E-state index in [0.29, 0.717) is 0 Å². The largest absolute Gasteiger partial charge is 0.478 e. The van der Waals surface area contributed by atoms with Gasteiger partial charge in [0.05, 0.1) is 11.7 Å². The average Bonchev–Trinajstić information content (AvgIpc) is 2.37. The van der Waals surface area contributed by atoms with Crippen LogP contribution in [0.25, 0.3) is 0 Å². The molecule has 0 heterocycles. The number of nitrogens with one attached hydrogen (secondary N) is 1. The van der Waals surface area contributed by atoms with Gasteiger partial charge in [0.1, 0.15) is 4.90 Å². The molecule has 3 N–H and O–H groups in total.